The normalized spacial score (nSPS) is 13.1. The number of hydrogen-bond donors (Lipinski definition) is 0. The van der Waals surface area contributed by atoms with E-state index in [0.29, 0.717) is 17.5 Å². The Morgan fingerprint density at radius 2 is 1.00 bits per heavy atom. The van der Waals surface area contributed by atoms with Gasteiger partial charge in [0.1, 0.15) is 11.2 Å². The SMILES string of the molecule is C1=CC([Si](c2ccccc2)(c2ccccc2)c2cc(-c3nc(-c4ccccc4)nc(-c4ccccc4)n3)cc3oc4ccccc4c23)=CCC1. The highest BCUT2D eigenvalue weighted by Gasteiger charge is 2.44. The van der Waals surface area contributed by atoms with Crippen LogP contribution in [0.4, 0.5) is 0 Å². The van der Waals surface area contributed by atoms with Gasteiger partial charge in [-0.15, -0.1) is 0 Å². The molecule has 0 N–H and O–H groups in total. The van der Waals surface area contributed by atoms with Gasteiger partial charge in [0.2, 0.25) is 0 Å². The van der Waals surface area contributed by atoms with E-state index in [2.05, 4.69) is 109 Å². The number of rotatable bonds is 7. The second-order valence-electron chi connectivity index (χ2n) is 12.7. The van der Waals surface area contributed by atoms with Crippen LogP contribution >= 0.6 is 0 Å². The van der Waals surface area contributed by atoms with Crippen molar-refractivity contribution in [2.24, 2.45) is 0 Å². The summed E-state index contributed by atoms with van der Waals surface area (Å²) in [6.07, 6.45) is 9.22. The first-order valence-electron chi connectivity index (χ1n) is 17.1. The van der Waals surface area contributed by atoms with E-state index in [4.69, 9.17) is 19.4 Å². The molecule has 0 radical (unpaired) electrons. The van der Waals surface area contributed by atoms with Crippen LogP contribution in [0.15, 0.2) is 186 Å². The molecule has 0 spiro atoms. The van der Waals surface area contributed by atoms with Crippen LogP contribution in [0.2, 0.25) is 0 Å². The number of hydrogen-bond acceptors (Lipinski definition) is 4. The Morgan fingerprint density at radius 3 is 1.56 bits per heavy atom. The number of allylic oxidation sites excluding steroid dienone is 4. The van der Waals surface area contributed by atoms with Crippen LogP contribution < -0.4 is 15.6 Å². The van der Waals surface area contributed by atoms with Gasteiger partial charge in [-0.05, 0) is 51.8 Å². The Hall–Kier alpha value is -6.17. The lowest BCUT2D eigenvalue weighted by molar-refractivity contribution is 0.669. The number of benzene rings is 6. The quantitative estimate of drug-likeness (QED) is 0.127. The van der Waals surface area contributed by atoms with Crippen molar-refractivity contribution in [1.82, 2.24) is 15.0 Å². The second kappa shape index (κ2) is 12.7. The molecule has 0 aliphatic heterocycles. The van der Waals surface area contributed by atoms with E-state index in [1.54, 1.807) is 0 Å². The Kier molecular flexibility index (Phi) is 7.60. The molecular weight excluding hydrogens is 627 g/mol. The molecule has 0 unspecified atom stereocenters. The second-order valence-corrected chi connectivity index (χ2v) is 16.4. The molecule has 0 fully saturated rings. The third kappa shape index (κ3) is 5.11. The van der Waals surface area contributed by atoms with Gasteiger partial charge in [0.05, 0.1) is 0 Å². The van der Waals surface area contributed by atoms with Crippen LogP contribution in [0.1, 0.15) is 12.8 Å². The molecule has 9 rings (SSSR count). The molecule has 4 nitrogen and oxygen atoms in total. The van der Waals surface area contributed by atoms with Crippen LogP contribution in [-0.2, 0) is 0 Å². The van der Waals surface area contributed by atoms with Crippen molar-refractivity contribution in [2.45, 2.75) is 12.8 Å². The predicted molar refractivity (Wildman–Crippen MR) is 207 cm³/mol. The Labute approximate surface area is 292 Å². The summed E-state index contributed by atoms with van der Waals surface area (Å²) < 4.78 is 6.75. The summed E-state index contributed by atoms with van der Waals surface area (Å²) in [4.78, 5) is 15.3. The maximum Gasteiger partial charge on any atom is 0.180 e. The van der Waals surface area contributed by atoms with Crippen molar-refractivity contribution < 1.29 is 4.42 Å². The molecular formula is C45H33N3OSi. The molecule has 0 saturated heterocycles. The van der Waals surface area contributed by atoms with E-state index >= 15 is 0 Å². The minimum absolute atomic E-state index is 0.610. The Morgan fingerprint density at radius 1 is 0.480 bits per heavy atom. The Balaban J connectivity index is 1.42. The third-order valence-electron chi connectivity index (χ3n) is 9.68. The monoisotopic (exact) mass is 659 g/mol. The summed E-state index contributed by atoms with van der Waals surface area (Å²) in [5.74, 6) is 1.88. The summed E-state index contributed by atoms with van der Waals surface area (Å²) >= 11 is 0. The lowest BCUT2D eigenvalue weighted by Crippen LogP contribution is -2.68. The lowest BCUT2D eigenvalue weighted by atomic mass is 10.1. The zero-order chi connectivity index (χ0) is 33.3. The number of para-hydroxylation sites is 1. The standard InChI is InChI=1S/C45H33N3OSi/c1-6-18-32(19-7-1)43-46-44(33-20-8-2-9-21-33)48-45(47-43)34-30-40-42(38-28-16-17-29-39(38)49-40)41(31-34)50(35-22-10-3-11-23-35,36-24-12-4-13-25-36)37-26-14-5-15-27-37/h1-4,6-14,16-31H,5,15H2. The number of fused-ring (bicyclic) bond motifs is 3. The number of furan rings is 1. The number of nitrogens with zero attached hydrogens (tertiary/aromatic N) is 3. The zero-order valence-corrected chi connectivity index (χ0v) is 28.4. The van der Waals surface area contributed by atoms with E-state index in [1.807, 2.05) is 66.7 Å². The molecule has 2 aromatic heterocycles. The van der Waals surface area contributed by atoms with Crippen LogP contribution in [0.25, 0.3) is 56.1 Å². The highest BCUT2D eigenvalue weighted by atomic mass is 28.3. The van der Waals surface area contributed by atoms with Gasteiger partial charge in [0.15, 0.2) is 25.5 Å². The molecule has 2 heterocycles. The van der Waals surface area contributed by atoms with E-state index in [-0.39, 0.29) is 0 Å². The highest BCUT2D eigenvalue weighted by molar-refractivity contribution is 7.17. The first-order valence-corrected chi connectivity index (χ1v) is 19.1. The fraction of sp³-hybridized carbons (Fsp3) is 0.0444. The third-order valence-corrected chi connectivity index (χ3v) is 14.5. The molecule has 1 aliphatic carbocycles. The first kappa shape index (κ1) is 29.9. The van der Waals surface area contributed by atoms with E-state index < -0.39 is 8.07 Å². The first-order chi connectivity index (χ1) is 24.8. The van der Waals surface area contributed by atoms with Gasteiger partial charge in [0.25, 0.3) is 0 Å². The smallest absolute Gasteiger partial charge is 0.180 e. The summed E-state index contributed by atoms with van der Waals surface area (Å²) in [5, 5.41) is 7.52. The van der Waals surface area contributed by atoms with Gasteiger partial charge in [-0.2, -0.15) is 0 Å². The largest absolute Gasteiger partial charge is 0.456 e. The van der Waals surface area contributed by atoms with Crippen molar-refractivity contribution in [1.29, 1.82) is 0 Å². The van der Waals surface area contributed by atoms with Gasteiger partial charge in [-0.3, -0.25) is 0 Å². The van der Waals surface area contributed by atoms with Crippen molar-refractivity contribution in [3.05, 3.63) is 181 Å². The molecule has 0 amide bonds. The maximum absolute atomic E-state index is 6.75. The van der Waals surface area contributed by atoms with E-state index in [1.165, 1.54) is 20.8 Å². The summed E-state index contributed by atoms with van der Waals surface area (Å²) in [7, 11) is -2.94. The van der Waals surface area contributed by atoms with Gasteiger partial charge in [0, 0.05) is 27.5 Å². The van der Waals surface area contributed by atoms with Crippen LogP contribution in [0, 0.1) is 0 Å². The minimum atomic E-state index is -2.94. The summed E-state index contributed by atoms with van der Waals surface area (Å²) in [6.45, 7) is 0. The van der Waals surface area contributed by atoms with Crippen LogP contribution in [-0.4, -0.2) is 23.0 Å². The summed E-state index contributed by atoms with van der Waals surface area (Å²) in [6, 6.07) is 55.3. The zero-order valence-electron chi connectivity index (χ0n) is 27.4. The Bertz CT molecular complexity index is 2430. The average Bonchev–Trinajstić information content (AvgIpc) is 3.59. The van der Waals surface area contributed by atoms with Gasteiger partial charge >= 0.3 is 0 Å². The molecule has 0 atom stereocenters. The molecule has 0 saturated carbocycles. The minimum Gasteiger partial charge on any atom is -0.456 e. The van der Waals surface area contributed by atoms with Crippen molar-refractivity contribution in [2.75, 3.05) is 0 Å². The van der Waals surface area contributed by atoms with Crippen LogP contribution in [0.3, 0.4) is 0 Å². The van der Waals surface area contributed by atoms with Gasteiger partial charge in [-0.1, -0.05) is 158 Å². The predicted octanol–water partition coefficient (Wildman–Crippen LogP) is 9.06. The van der Waals surface area contributed by atoms with Crippen molar-refractivity contribution in [3.63, 3.8) is 0 Å². The van der Waals surface area contributed by atoms with Crippen molar-refractivity contribution >= 4 is 45.6 Å². The molecule has 50 heavy (non-hydrogen) atoms. The molecule has 8 aromatic rings. The molecule has 5 heteroatoms. The fourth-order valence-corrected chi connectivity index (χ4v) is 12.6. The summed E-state index contributed by atoms with van der Waals surface area (Å²) in [5.41, 5.74) is 4.46. The maximum atomic E-state index is 6.75. The van der Waals surface area contributed by atoms with Crippen molar-refractivity contribution in [3.8, 4) is 34.2 Å². The van der Waals surface area contributed by atoms with Gasteiger partial charge in [-0.25, -0.2) is 15.0 Å². The lowest BCUT2D eigenvalue weighted by Gasteiger charge is -2.36. The topological polar surface area (TPSA) is 51.8 Å². The van der Waals surface area contributed by atoms with Crippen LogP contribution in [0.5, 0.6) is 0 Å². The van der Waals surface area contributed by atoms with Gasteiger partial charge < -0.3 is 4.42 Å². The highest BCUT2D eigenvalue weighted by Crippen LogP contribution is 2.35. The molecule has 6 aromatic carbocycles. The fourth-order valence-electron chi connectivity index (χ4n) is 7.45. The average molecular weight is 660 g/mol. The molecule has 1 aliphatic rings. The van der Waals surface area contributed by atoms with E-state index in [9.17, 15) is 0 Å². The van der Waals surface area contributed by atoms with E-state index in [0.717, 1.165) is 51.5 Å². The molecule has 0 bridgehead atoms. The number of aromatic nitrogens is 3. The molecule has 238 valence electrons.